The van der Waals surface area contributed by atoms with Crippen LogP contribution in [-0.2, 0) is 19.6 Å². The highest BCUT2D eigenvalue weighted by atomic mass is 32.2. The van der Waals surface area contributed by atoms with Crippen molar-refractivity contribution in [2.75, 3.05) is 45.6 Å². The van der Waals surface area contributed by atoms with Gasteiger partial charge < -0.3 is 14.5 Å². The Bertz CT molecular complexity index is 900. The van der Waals surface area contributed by atoms with Crippen LogP contribution in [0.4, 0.5) is 0 Å². The standard InChI is InChI=1S/C21H29N3O5S/c1-22-18-9-13-24(19(25)15-29-17-7-3-2-4-8-17)16-21(18,10-14-30(22,27)28)20(26)23-11-5-6-12-23/h2-4,7-8,18H,5-6,9-16H2,1H3/t18-,21+/m1/s1. The maximum absolute atomic E-state index is 13.6. The summed E-state index contributed by atoms with van der Waals surface area (Å²) in [6.45, 7) is 1.96. The van der Waals surface area contributed by atoms with E-state index >= 15 is 0 Å². The topological polar surface area (TPSA) is 87.2 Å². The van der Waals surface area contributed by atoms with Gasteiger partial charge in [-0.3, -0.25) is 9.59 Å². The van der Waals surface area contributed by atoms with Gasteiger partial charge in [-0.2, -0.15) is 0 Å². The summed E-state index contributed by atoms with van der Waals surface area (Å²) >= 11 is 0. The summed E-state index contributed by atoms with van der Waals surface area (Å²) in [5.74, 6) is 0.365. The van der Waals surface area contributed by atoms with E-state index in [-0.39, 0.29) is 37.1 Å². The van der Waals surface area contributed by atoms with E-state index in [9.17, 15) is 18.0 Å². The lowest BCUT2D eigenvalue weighted by Gasteiger charge is -2.53. The number of piperidine rings is 1. The van der Waals surface area contributed by atoms with Crippen LogP contribution in [0.2, 0.25) is 0 Å². The molecule has 3 saturated heterocycles. The predicted molar refractivity (Wildman–Crippen MR) is 111 cm³/mol. The summed E-state index contributed by atoms with van der Waals surface area (Å²) in [4.78, 5) is 30.0. The van der Waals surface area contributed by atoms with Crippen LogP contribution in [-0.4, -0.2) is 86.0 Å². The third-order valence-electron chi connectivity index (χ3n) is 6.74. The number of nitrogens with zero attached hydrogens (tertiary/aromatic N) is 3. The lowest BCUT2D eigenvalue weighted by molar-refractivity contribution is -0.154. The molecule has 9 heteroatoms. The van der Waals surface area contributed by atoms with E-state index < -0.39 is 21.5 Å². The molecule has 0 saturated carbocycles. The molecule has 164 valence electrons. The number of rotatable bonds is 4. The van der Waals surface area contributed by atoms with Crippen molar-refractivity contribution in [3.05, 3.63) is 30.3 Å². The van der Waals surface area contributed by atoms with E-state index in [1.807, 2.05) is 23.1 Å². The number of amides is 2. The fraction of sp³-hybridized carbons (Fsp3) is 0.619. The molecule has 0 N–H and O–H groups in total. The van der Waals surface area contributed by atoms with E-state index in [2.05, 4.69) is 0 Å². The van der Waals surface area contributed by atoms with Crippen molar-refractivity contribution in [3.8, 4) is 5.75 Å². The van der Waals surface area contributed by atoms with Gasteiger partial charge in [0.05, 0.1) is 11.2 Å². The van der Waals surface area contributed by atoms with Crippen molar-refractivity contribution < 1.29 is 22.7 Å². The number of hydrogen-bond acceptors (Lipinski definition) is 5. The molecule has 0 bridgehead atoms. The van der Waals surface area contributed by atoms with Gasteiger partial charge >= 0.3 is 0 Å². The van der Waals surface area contributed by atoms with E-state index in [0.29, 0.717) is 31.8 Å². The highest BCUT2D eigenvalue weighted by Gasteiger charge is 2.57. The fourth-order valence-corrected chi connectivity index (χ4v) is 6.63. The molecule has 1 aromatic rings. The molecule has 30 heavy (non-hydrogen) atoms. The monoisotopic (exact) mass is 435 g/mol. The van der Waals surface area contributed by atoms with Gasteiger partial charge in [0.15, 0.2) is 6.61 Å². The van der Waals surface area contributed by atoms with Crippen molar-refractivity contribution in [1.29, 1.82) is 0 Å². The van der Waals surface area contributed by atoms with Gasteiger partial charge in [0.2, 0.25) is 15.9 Å². The SMILES string of the molecule is CN1[C@@H]2CCN(C(=O)COc3ccccc3)C[C@@]2(C(=O)N2CCCC2)CCS1(=O)=O. The molecule has 0 aromatic heterocycles. The molecule has 2 amide bonds. The Morgan fingerprint density at radius 1 is 1.10 bits per heavy atom. The van der Waals surface area contributed by atoms with E-state index in [1.54, 1.807) is 24.1 Å². The van der Waals surface area contributed by atoms with Crippen molar-refractivity contribution in [3.63, 3.8) is 0 Å². The molecule has 3 aliphatic rings. The van der Waals surface area contributed by atoms with Gasteiger partial charge in [-0.15, -0.1) is 0 Å². The molecule has 0 radical (unpaired) electrons. The molecular weight excluding hydrogens is 406 g/mol. The molecule has 0 spiro atoms. The highest BCUT2D eigenvalue weighted by molar-refractivity contribution is 7.89. The zero-order valence-electron chi connectivity index (χ0n) is 17.3. The van der Waals surface area contributed by atoms with Crippen LogP contribution in [0.25, 0.3) is 0 Å². The van der Waals surface area contributed by atoms with Crippen molar-refractivity contribution in [2.45, 2.75) is 31.7 Å². The lowest BCUT2D eigenvalue weighted by atomic mass is 9.71. The molecule has 0 unspecified atom stereocenters. The zero-order chi connectivity index (χ0) is 21.4. The van der Waals surface area contributed by atoms with Crippen molar-refractivity contribution in [1.82, 2.24) is 14.1 Å². The second kappa shape index (κ2) is 8.19. The molecule has 4 rings (SSSR count). The number of fused-ring (bicyclic) bond motifs is 1. The van der Waals surface area contributed by atoms with Crippen LogP contribution in [0, 0.1) is 5.41 Å². The third-order valence-corrected chi connectivity index (χ3v) is 8.60. The summed E-state index contributed by atoms with van der Waals surface area (Å²) in [6.07, 6.45) is 2.64. The number of likely N-dealkylation sites (tertiary alicyclic amines) is 2. The van der Waals surface area contributed by atoms with Crippen LogP contribution in [0.1, 0.15) is 25.7 Å². The minimum absolute atomic E-state index is 0.00627. The largest absolute Gasteiger partial charge is 0.484 e. The first-order chi connectivity index (χ1) is 14.3. The van der Waals surface area contributed by atoms with E-state index in [0.717, 1.165) is 12.8 Å². The first kappa shape index (κ1) is 21.1. The Balaban J connectivity index is 1.54. The Kier molecular flexibility index (Phi) is 5.76. The number of ether oxygens (including phenoxy) is 1. The van der Waals surface area contributed by atoms with Gasteiger partial charge in [-0.05, 0) is 37.8 Å². The molecule has 2 atom stereocenters. The number of carbonyl (C=O) groups is 2. The Morgan fingerprint density at radius 3 is 2.50 bits per heavy atom. The molecule has 3 fully saturated rings. The predicted octanol–water partition coefficient (Wildman–Crippen LogP) is 0.940. The third kappa shape index (κ3) is 3.80. The van der Waals surface area contributed by atoms with Crippen LogP contribution in [0.15, 0.2) is 30.3 Å². The second-order valence-electron chi connectivity index (χ2n) is 8.46. The molecule has 1 aromatic carbocycles. The maximum Gasteiger partial charge on any atom is 0.260 e. The minimum Gasteiger partial charge on any atom is -0.484 e. The lowest BCUT2D eigenvalue weighted by Crippen LogP contribution is -2.68. The summed E-state index contributed by atoms with van der Waals surface area (Å²) in [5.41, 5.74) is -0.884. The van der Waals surface area contributed by atoms with Crippen LogP contribution in [0.3, 0.4) is 0 Å². The number of benzene rings is 1. The number of sulfonamides is 1. The zero-order valence-corrected chi connectivity index (χ0v) is 18.1. The molecule has 0 aliphatic carbocycles. The molecular formula is C21H29N3O5S. The van der Waals surface area contributed by atoms with Crippen molar-refractivity contribution >= 4 is 21.8 Å². The summed E-state index contributed by atoms with van der Waals surface area (Å²) in [5, 5.41) is 0. The number of para-hydroxylation sites is 1. The summed E-state index contributed by atoms with van der Waals surface area (Å²) in [7, 11) is -1.81. The first-order valence-corrected chi connectivity index (χ1v) is 12.2. The number of hydrogen-bond donors (Lipinski definition) is 0. The van der Waals surface area contributed by atoms with Gasteiger partial charge in [0.25, 0.3) is 5.91 Å². The quantitative estimate of drug-likeness (QED) is 0.703. The first-order valence-electron chi connectivity index (χ1n) is 10.5. The summed E-state index contributed by atoms with van der Waals surface area (Å²) < 4.78 is 32.0. The van der Waals surface area contributed by atoms with E-state index in [4.69, 9.17) is 4.74 Å². The average Bonchev–Trinajstić information content (AvgIpc) is 3.30. The smallest absolute Gasteiger partial charge is 0.260 e. The Labute approximate surface area is 177 Å². The van der Waals surface area contributed by atoms with Crippen molar-refractivity contribution in [2.24, 2.45) is 5.41 Å². The number of carbonyl (C=O) groups excluding carboxylic acids is 2. The molecule has 8 nitrogen and oxygen atoms in total. The Morgan fingerprint density at radius 2 is 1.80 bits per heavy atom. The fourth-order valence-electron chi connectivity index (χ4n) is 5.02. The minimum atomic E-state index is -3.38. The van der Waals surface area contributed by atoms with Gasteiger partial charge in [0, 0.05) is 39.3 Å². The van der Waals surface area contributed by atoms with Gasteiger partial charge in [-0.25, -0.2) is 12.7 Å². The molecule has 3 aliphatic heterocycles. The Hall–Kier alpha value is -2.13. The van der Waals surface area contributed by atoms with Crippen LogP contribution >= 0.6 is 0 Å². The average molecular weight is 436 g/mol. The summed E-state index contributed by atoms with van der Waals surface area (Å²) in [6, 6.07) is 8.72. The second-order valence-corrected chi connectivity index (χ2v) is 10.6. The molecule has 3 heterocycles. The van der Waals surface area contributed by atoms with Crippen LogP contribution in [0.5, 0.6) is 5.75 Å². The van der Waals surface area contributed by atoms with Gasteiger partial charge in [-0.1, -0.05) is 18.2 Å². The highest BCUT2D eigenvalue weighted by Crippen LogP contribution is 2.43. The van der Waals surface area contributed by atoms with Crippen LogP contribution < -0.4 is 4.74 Å². The van der Waals surface area contributed by atoms with E-state index in [1.165, 1.54) is 4.31 Å². The normalized spacial score (nSPS) is 28.8. The maximum atomic E-state index is 13.6. The van der Waals surface area contributed by atoms with Gasteiger partial charge in [0.1, 0.15) is 5.75 Å².